The third-order valence-electron chi connectivity index (χ3n) is 3.67. The van der Waals surface area contributed by atoms with Gasteiger partial charge in [0.05, 0.1) is 6.61 Å². The average Bonchev–Trinajstić information content (AvgIpc) is 2.59. The fourth-order valence-electron chi connectivity index (χ4n) is 2.41. The highest BCUT2D eigenvalue weighted by Gasteiger charge is 2.06. The van der Waals surface area contributed by atoms with E-state index < -0.39 is 0 Å². The van der Waals surface area contributed by atoms with Gasteiger partial charge in [-0.1, -0.05) is 19.1 Å². The Balaban J connectivity index is 1.89. The van der Waals surface area contributed by atoms with Crippen LogP contribution >= 0.6 is 0 Å². The molecule has 0 aromatic heterocycles. The van der Waals surface area contributed by atoms with Crippen LogP contribution in [-0.4, -0.2) is 18.5 Å². The molecule has 0 aliphatic rings. The van der Waals surface area contributed by atoms with E-state index in [0.717, 1.165) is 23.3 Å². The highest BCUT2D eigenvalue weighted by molar-refractivity contribution is 5.92. The van der Waals surface area contributed by atoms with E-state index in [9.17, 15) is 9.59 Å². The summed E-state index contributed by atoms with van der Waals surface area (Å²) in [6.45, 7) is 6.60. The predicted octanol–water partition coefficient (Wildman–Crippen LogP) is 4.06. The first kappa shape index (κ1) is 19.3. The van der Waals surface area contributed by atoms with Crippen molar-refractivity contribution < 1.29 is 14.3 Å². The van der Waals surface area contributed by atoms with Gasteiger partial charge in [0.25, 0.3) is 0 Å². The van der Waals surface area contributed by atoms with Gasteiger partial charge >= 0.3 is 6.03 Å². The number of rotatable bonds is 7. The quantitative estimate of drug-likeness (QED) is 0.700. The van der Waals surface area contributed by atoms with Crippen molar-refractivity contribution in [2.45, 2.75) is 33.7 Å². The van der Waals surface area contributed by atoms with Gasteiger partial charge < -0.3 is 20.7 Å². The lowest BCUT2D eigenvalue weighted by molar-refractivity contribution is -0.114. The number of amides is 3. The molecule has 0 bridgehead atoms. The Bertz CT molecular complexity index is 775. The Morgan fingerprint density at radius 1 is 1.04 bits per heavy atom. The van der Waals surface area contributed by atoms with Crippen LogP contribution in [0.25, 0.3) is 0 Å². The number of aryl methyl sites for hydroxylation is 1. The average molecular weight is 355 g/mol. The number of benzene rings is 2. The lowest BCUT2D eigenvalue weighted by Crippen LogP contribution is -2.28. The van der Waals surface area contributed by atoms with Crippen LogP contribution in [0, 0.1) is 6.92 Å². The Morgan fingerprint density at radius 3 is 2.42 bits per heavy atom. The molecule has 138 valence electrons. The topological polar surface area (TPSA) is 79.5 Å². The highest BCUT2D eigenvalue weighted by atomic mass is 16.5. The minimum absolute atomic E-state index is 0.159. The van der Waals surface area contributed by atoms with Crippen molar-refractivity contribution in [1.82, 2.24) is 5.32 Å². The molecule has 6 nitrogen and oxygen atoms in total. The molecule has 0 fully saturated rings. The summed E-state index contributed by atoms with van der Waals surface area (Å²) in [4.78, 5) is 23.2. The zero-order chi connectivity index (χ0) is 18.9. The molecule has 0 aliphatic heterocycles. The Kier molecular flexibility index (Phi) is 7.02. The molecule has 6 heteroatoms. The maximum absolute atomic E-state index is 12.1. The summed E-state index contributed by atoms with van der Waals surface area (Å²) >= 11 is 0. The van der Waals surface area contributed by atoms with E-state index in [2.05, 4.69) is 22.9 Å². The molecule has 2 aromatic rings. The smallest absolute Gasteiger partial charge is 0.319 e. The van der Waals surface area contributed by atoms with Crippen molar-refractivity contribution in [3.8, 4) is 5.75 Å². The third kappa shape index (κ3) is 6.12. The van der Waals surface area contributed by atoms with Crippen LogP contribution < -0.4 is 20.7 Å². The van der Waals surface area contributed by atoms with Gasteiger partial charge in [-0.25, -0.2) is 4.79 Å². The van der Waals surface area contributed by atoms with E-state index in [1.165, 1.54) is 6.92 Å². The summed E-state index contributed by atoms with van der Waals surface area (Å²) in [6, 6.07) is 12.5. The molecule has 0 radical (unpaired) electrons. The summed E-state index contributed by atoms with van der Waals surface area (Å²) in [5.41, 5.74) is 3.32. The molecule has 2 rings (SSSR count). The maximum atomic E-state index is 12.1. The largest absolute Gasteiger partial charge is 0.494 e. The number of hydrogen-bond donors (Lipinski definition) is 3. The number of anilines is 2. The van der Waals surface area contributed by atoms with Crippen LogP contribution in [0.3, 0.4) is 0 Å². The summed E-state index contributed by atoms with van der Waals surface area (Å²) < 4.78 is 5.60. The van der Waals surface area contributed by atoms with Crippen molar-refractivity contribution in [2.24, 2.45) is 0 Å². The van der Waals surface area contributed by atoms with Gasteiger partial charge in [-0.05, 0) is 54.8 Å². The van der Waals surface area contributed by atoms with Crippen LogP contribution in [0.2, 0.25) is 0 Å². The number of ether oxygens (including phenoxy) is 1. The van der Waals surface area contributed by atoms with Gasteiger partial charge in [0.15, 0.2) is 0 Å². The van der Waals surface area contributed by atoms with Gasteiger partial charge in [-0.3, -0.25) is 4.79 Å². The lowest BCUT2D eigenvalue weighted by Gasteiger charge is -2.12. The van der Waals surface area contributed by atoms with Gasteiger partial charge in [-0.2, -0.15) is 0 Å². The zero-order valence-electron chi connectivity index (χ0n) is 15.4. The van der Waals surface area contributed by atoms with Crippen molar-refractivity contribution in [3.05, 3.63) is 53.6 Å². The number of nitrogens with one attached hydrogen (secondary N) is 3. The van der Waals surface area contributed by atoms with Crippen LogP contribution in [0.5, 0.6) is 5.75 Å². The van der Waals surface area contributed by atoms with Gasteiger partial charge in [-0.15, -0.1) is 0 Å². The second-order valence-corrected chi connectivity index (χ2v) is 6.01. The standard InChI is InChI=1S/C20H25N3O3/c1-4-10-26-19-9-8-16(14(2)11-19)13-21-20(25)23-18-7-5-6-17(12-18)22-15(3)24/h5-9,11-12H,4,10,13H2,1-3H3,(H,22,24)(H2,21,23,25). The van der Waals surface area contributed by atoms with Gasteiger partial charge in [0.2, 0.25) is 5.91 Å². The zero-order valence-corrected chi connectivity index (χ0v) is 15.4. The predicted molar refractivity (Wildman–Crippen MR) is 104 cm³/mol. The Morgan fingerprint density at radius 2 is 1.77 bits per heavy atom. The second kappa shape index (κ2) is 9.46. The monoisotopic (exact) mass is 355 g/mol. The van der Waals surface area contributed by atoms with E-state index in [4.69, 9.17) is 4.74 Å². The molecular weight excluding hydrogens is 330 g/mol. The first-order valence-electron chi connectivity index (χ1n) is 8.62. The van der Waals surface area contributed by atoms with Crippen LogP contribution in [0.4, 0.5) is 16.2 Å². The first-order chi connectivity index (χ1) is 12.5. The summed E-state index contributed by atoms with van der Waals surface area (Å²) in [5.74, 6) is 0.681. The van der Waals surface area contributed by atoms with Crippen LogP contribution in [0.15, 0.2) is 42.5 Å². The number of urea groups is 1. The van der Waals surface area contributed by atoms with Crippen LogP contribution in [0.1, 0.15) is 31.4 Å². The molecular formula is C20H25N3O3. The minimum Gasteiger partial charge on any atom is -0.494 e. The second-order valence-electron chi connectivity index (χ2n) is 6.01. The SMILES string of the molecule is CCCOc1ccc(CNC(=O)Nc2cccc(NC(C)=O)c2)c(C)c1. The number of hydrogen-bond acceptors (Lipinski definition) is 3. The number of carbonyl (C=O) groups is 2. The van der Waals surface area contributed by atoms with Crippen molar-refractivity contribution in [2.75, 3.05) is 17.2 Å². The number of carbonyl (C=O) groups excluding carboxylic acids is 2. The summed E-state index contributed by atoms with van der Waals surface area (Å²) in [7, 11) is 0. The lowest BCUT2D eigenvalue weighted by atomic mass is 10.1. The molecule has 0 atom stereocenters. The van der Waals surface area contributed by atoms with E-state index in [1.54, 1.807) is 24.3 Å². The first-order valence-corrected chi connectivity index (χ1v) is 8.62. The van der Waals surface area contributed by atoms with Gasteiger partial charge in [0, 0.05) is 24.8 Å². The molecule has 0 spiro atoms. The van der Waals surface area contributed by atoms with Crippen molar-refractivity contribution in [3.63, 3.8) is 0 Å². The van der Waals surface area contributed by atoms with E-state index in [1.807, 2.05) is 25.1 Å². The molecule has 0 unspecified atom stereocenters. The minimum atomic E-state index is -0.310. The van der Waals surface area contributed by atoms with E-state index in [-0.39, 0.29) is 11.9 Å². The highest BCUT2D eigenvalue weighted by Crippen LogP contribution is 2.18. The normalized spacial score (nSPS) is 10.1. The molecule has 3 N–H and O–H groups in total. The molecule has 0 saturated heterocycles. The molecule has 2 aromatic carbocycles. The van der Waals surface area contributed by atoms with Gasteiger partial charge in [0.1, 0.15) is 5.75 Å². The fraction of sp³-hybridized carbons (Fsp3) is 0.300. The molecule has 26 heavy (non-hydrogen) atoms. The summed E-state index contributed by atoms with van der Waals surface area (Å²) in [6.07, 6.45) is 0.964. The summed E-state index contributed by atoms with van der Waals surface area (Å²) in [5, 5.41) is 8.27. The molecule has 0 heterocycles. The van der Waals surface area contributed by atoms with Crippen LogP contribution in [-0.2, 0) is 11.3 Å². The third-order valence-corrected chi connectivity index (χ3v) is 3.67. The molecule has 0 aliphatic carbocycles. The molecule has 3 amide bonds. The Hall–Kier alpha value is -3.02. The van der Waals surface area contributed by atoms with Crippen molar-refractivity contribution >= 4 is 23.3 Å². The molecule has 0 saturated carbocycles. The van der Waals surface area contributed by atoms with E-state index >= 15 is 0 Å². The van der Waals surface area contributed by atoms with Crippen molar-refractivity contribution in [1.29, 1.82) is 0 Å². The fourth-order valence-corrected chi connectivity index (χ4v) is 2.41. The van der Waals surface area contributed by atoms with E-state index in [0.29, 0.717) is 24.5 Å². The maximum Gasteiger partial charge on any atom is 0.319 e. The Labute approximate surface area is 153 Å².